The van der Waals surface area contributed by atoms with Crippen molar-refractivity contribution in [3.63, 3.8) is 0 Å². The number of anilines is 1. The van der Waals surface area contributed by atoms with E-state index in [9.17, 15) is 9.59 Å². The third-order valence-electron chi connectivity index (χ3n) is 6.16. The van der Waals surface area contributed by atoms with Gasteiger partial charge in [-0.15, -0.1) is 0 Å². The minimum Gasteiger partial charge on any atom is -0.339 e. The first-order valence-electron chi connectivity index (χ1n) is 11.6. The Morgan fingerprint density at radius 1 is 1.06 bits per heavy atom. The molecule has 1 aliphatic heterocycles. The summed E-state index contributed by atoms with van der Waals surface area (Å²) in [4.78, 5) is 38.3. The van der Waals surface area contributed by atoms with Gasteiger partial charge >= 0.3 is 0 Å². The van der Waals surface area contributed by atoms with Crippen molar-refractivity contribution in [2.24, 2.45) is 0 Å². The average molecular weight is 443 g/mol. The van der Waals surface area contributed by atoms with E-state index in [0.717, 1.165) is 16.7 Å². The molecule has 2 aromatic carbocycles. The molecule has 6 heteroatoms. The summed E-state index contributed by atoms with van der Waals surface area (Å²) in [6.45, 7) is 10.0. The van der Waals surface area contributed by atoms with E-state index in [1.54, 1.807) is 16.0 Å². The van der Waals surface area contributed by atoms with Crippen LogP contribution in [0.3, 0.4) is 0 Å². The Hall–Kier alpha value is -3.54. The summed E-state index contributed by atoms with van der Waals surface area (Å²) in [5.74, 6) is 1.69. The Bertz CT molecular complexity index is 1170. The predicted molar refractivity (Wildman–Crippen MR) is 130 cm³/mol. The van der Waals surface area contributed by atoms with Crippen LogP contribution in [0.1, 0.15) is 60.7 Å². The molecule has 0 atom stereocenters. The van der Waals surface area contributed by atoms with Crippen LogP contribution < -0.4 is 4.90 Å². The van der Waals surface area contributed by atoms with Crippen molar-refractivity contribution in [3.8, 4) is 11.4 Å². The quantitative estimate of drug-likeness (QED) is 0.525. The number of carbonyl (C=O) groups excluding carboxylic acids is 2. The molecule has 0 N–H and O–H groups in total. The predicted octanol–water partition coefficient (Wildman–Crippen LogP) is 4.84. The Balaban J connectivity index is 1.60. The maximum Gasteiger partial charge on any atom is 0.253 e. The van der Waals surface area contributed by atoms with Crippen molar-refractivity contribution < 1.29 is 9.59 Å². The number of hydrogen-bond acceptors (Lipinski definition) is 4. The van der Waals surface area contributed by atoms with Gasteiger partial charge in [0.05, 0.1) is 13.0 Å². The van der Waals surface area contributed by atoms with Gasteiger partial charge in [-0.25, -0.2) is 9.97 Å². The van der Waals surface area contributed by atoms with Gasteiger partial charge in [0, 0.05) is 36.0 Å². The fourth-order valence-electron chi connectivity index (χ4n) is 4.26. The minimum atomic E-state index is 0.0110. The molecule has 0 unspecified atom stereocenters. The third-order valence-corrected chi connectivity index (χ3v) is 6.16. The van der Waals surface area contributed by atoms with Crippen molar-refractivity contribution in [1.29, 1.82) is 0 Å². The van der Waals surface area contributed by atoms with E-state index in [1.165, 1.54) is 5.56 Å². The number of hydrogen-bond donors (Lipinski definition) is 0. The summed E-state index contributed by atoms with van der Waals surface area (Å²) in [7, 11) is 0. The molecule has 0 aliphatic carbocycles. The number of carbonyl (C=O) groups is 2. The van der Waals surface area contributed by atoms with Crippen LogP contribution >= 0.6 is 0 Å². The molecule has 33 heavy (non-hydrogen) atoms. The van der Waals surface area contributed by atoms with E-state index in [4.69, 9.17) is 4.98 Å². The smallest absolute Gasteiger partial charge is 0.253 e. The van der Waals surface area contributed by atoms with Crippen molar-refractivity contribution in [2.75, 3.05) is 18.0 Å². The molecular weight excluding hydrogens is 412 g/mol. The van der Waals surface area contributed by atoms with Crippen LogP contribution in [0.2, 0.25) is 0 Å². The third kappa shape index (κ3) is 4.51. The maximum absolute atomic E-state index is 12.8. The summed E-state index contributed by atoms with van der Waals surface area (Å²) >= 11 is 0. The van der Waals surface area contributed by atoms with E-state index in [1.807, 2.05) is 56.3 Å². The molecule has 4 rings (SSSR count). The number of nitrogens with zero attached hydrogens (tertiary/aromatic N) is 4. The Morgan fingerprint density at radius 2 is 1.76 bits per heavy atom. The average Bonchev–Trinajstić information content (AvgIpc) is 3.14. The van der Waals surface area contributed by atoms with E-state index >= 15 is 0 Å². The highest BCUT2D eigenvalue weighted by molar-refractivity contribution is 6.00. The van der Waals surface area contributed by atoms with Crippen LogP contribution in [-0.4, -0.2) is 39.8 Å². The molecule has 0 spiro atoms. The second-order valence-corrected chi connectivity index (χ2v) is 8.62. The highest BCUT2D eigenvalue weighted by Crippen LogP contribution is 2.32. The summed E-state index contributed by atoms with van der Waals surface area (Å²) in [6.07, 6.45) is 2.08. The largest absolute Gasteiger partial charge is 0.339 e. The number of amides is 2. The minimum absolute atomic E-state index is 0.0110. The van der Waals surface area contributed by atoms with Gasteiger partial charge in [0.1, 0.15) is 5.82 Å². The SMILES string of the molecule is CCN(CC)C(=O)c1ccc(CN2C(=O)Cc3cnc(-c4ccccc4C(C)C)nc32)cc1. The van der Waals surface area contributed by atoms with E-state index < -0.39 is 0 Å². The Kier molecular flexibility index (Phi) is 6.54. The number of aromatic nitrogens is 2. The lowest BCUT2D eigenvalue weighted by atomic mass is 9.97. The van der Waals surface area contributed by atoms with Gasteiger partial charge in [-0.3, -0.25) is 14.5 Å². The van der Waals surface area contributed by atoms with Gasteiger partial charge in [-0.05, 0) is 43.0 Å². The second-order valence-electron chi connectivity index (χ2n) is 8.62. The molecule has 170 valence electrons. The van der Waals surface area contributed by atoms with Crippen molar-refractivity contribution in [3.05, 3.63) is 77.0 Å². The molecule has 3 aromatic rings. The highest BCUT2D eigenvalue weighted by atomic mass is 16.2. The summed E-state index contributed by atoms with van der Waals surface area (Å²) < 4.78 is 0. The zero-order chi connectivity index (χ0) is 23.5. The lowest BCUT2D eigenvalue weighted by Crippen LogP contribution is -2.30. The Labute approximate surface area is 195 Å². The van der Waals surface area contributed by atoms with Crippen LogP contribution in [-0.2, 0) is 17.8 Å². The first-order valence-corrected chi connectivity index (χ1v) is 11.6. The molecule has 0 bridgehead atoms. The van der Waals surface area contributed by atoms with E-state index in [0.29, 0.717) is 49.2 Å². The Morgan fingerprint density at radius 3 is 2.42 bits per heavy atom. The van der Waals surface area contributed by atoms with Gasteiger partial charge in [-0.2, -0.15) is 0 Å². The molecular formula is C27H30N4O2. The van der Waals surface area contributed by atoms with Crippen LogP contribution in [0.5, 0.6) is 0 Å². The zero-order valence-electron chi connectivity index (χ0n) is 19.7. The van der Waals surface area contributed by atoms with E-state index in [-0.39, 0.29) is 11.8 Å². The summed E-state index contributed by atoms with van der Waals surface area (Å²) in [6, 6.07) is 15.6. The molecule has 1 aromatic heterocycles. The van der Waals surface area contributed by atoms with Crippen molar-refractivity contribution in [2.45, 2.75) is 46.6 Å². The molecule has 2 heterocycles. The van der Waals surface area contributed by atoms with Gasteiger partial charge in [0.25, 0.3) is 5.91 Å². The molecule has 6 nitrogen and oxygen atoms in total. The summed E-state index contributed by atoms with van der Waals surface area (Å²) in [5.41, 5.74) is 4.63. The van der Waals surface area contributed by atoms with Gasteiger partial charge in [0.2, 0.25) is 5.91 Å². The molecule has 0 radical (unpaired) electrons. The standard InChI is InChI=1S/C27H30N4O2/c1-5-30(6-2)27(33)20-13-11-19(12-14-20)17-31-24(32)15-21-16-28-25(29-26(21)31)23-10-8-7-9-22(23)18(3)4/h7-14,16,18H,5-6,15,17H2,1-4H3. The molecule has 1 aliphatic rings. The van der Waals surface area contributed by atoms with Crippen LogP contribution in [0.4, 0.5) is 5.82 Å². The monoisotopic (exact) mass is 442 g/mol. The normalized spacial score (nSPS) is 12.9. The molecule has 0 fully saturated rings. The molecule has 0 saturated heterocycles. The van der Waals surface area contributed by atoms with Gasteiger partial charge in [-0.1, -0.05) is 50.2 Å². The van der Waals surface area contributed by atoms with Crippen LogP contribution in [0.15, 0.2) is 54.7 Å². The highest BCUT2D eigenvalue weighted by Gasteiger charge is 2.30. The van der Waals surface area contributed by atoms with Crippen LogP contribution in [0.25, 0.3) is 11.4 Å². The lowest BCUT2D eigenvalue weighted by molar-refractivity contribution is -0.117. The fraction of sp³-hybridized carbons (Fsp3) is 0.333. The number of rotatable bonds is 7. The molecule has 0 saturated carbocycles. The lowest BCUT2D eigenvalue weighted by Gasteiger charge is -2.20. The first-order chi connectivity index (χ1) is 15.9. The number of fused-ring (bicyclic) bond motifs is 1. The number of benzene rings is 2. The topological polar surface area (TPSA) is 66.4 Å². The first kappa shape index (κ1) is 22.6. The fourth-order valence-corrected chi connectivity index (χ4v) is 4.26. The maximum atomic E-state index is 12.8. The zero-order valence-corrected chi connectivity index (χ0v) is 19.7. The summed E-state index contributed by atoms with van der Waals surface area (Å²) in [5, 5.41) is 0. The van der Waals surface area contributed by atoms with Crippen molar-refractivity contribution in [1.82, 2.24) is 14.9 Å². The van der Waals surface area contributed by atoms with Crippen LogP contribution in [0, 0.1) is 0 Å². The second kappa shape index (κ2) is 9.53. The molecule has 2 amide bonds. The van der Waals surface area contributed by atoms with E-state index in [2.05, 4.69) is 24.9 Å². The van der Waals surface area contributed by atoms with Crippen molar-refractivity contribution >= 4 is 17.6 Å². The van der Waals surface area contributed by atoms with Gasteiger partial charge in [0.15, 0.2) is 5.82 Å². The van der Waals surface area contributed by atoms with Gasteiger partial charge < -0.3 is 4.90 Å².